The normalized spacial score (nSPS) is 21.2. The molecule has 5 heteroatoms. The number of aliphatic hydroxyl groups excluding tert-OH is 1. The SMILES string of the molecule is O[C@@H]1CC(c2cc(F)ccc2Br)Oc2ccc(F)cc21. The molecule has 0 spiro atoms. The second-order valence-corrected chi connectivity index (χ2v) is 5.56. The molecule has 0 fully saturated rings. The molecule has 1 aliphatic rings. The Bertz CT molecular complexity index is 660. The zero-order valence-corrected chi connectivity index (χ0v) is 11.9. The third-order valence-corrected chi connectivity index (χ3v) is 4.06. The van der Waals surface area contributed by atoms with Gasteiger partial charge in [-0.05, 0) is 36.4 Å². The van der Waals surface area contributed by atoms with Crippen molar-refractivity contribution >= 4 is 15.9 Å². The van der Waals surface area contributed by atoms with Crippen molar-refractivity contribution in [2.75, 3.05) is 0 Å². The molecule has 20 heavy (non-hydrogen) atoms. The molecular weight excluding hydrogens is 330 g/mol. The van der Waals surface area contributed by atoms with Gasteiger partial charge in [0.15, 0.2) is 0 Å². The van der Waals surface area contributed by atoms with Crippen molar-refractivity contribution in [2.24, 2.45) is 0 Å². The van der Waals surface area contributed by atoms with Gasteiger partial charge in [0.05, 0.1) is 6.10 Å². The van der Waals surface area contributed by atoms with E-state index in [0.717, 1.165) is 0 Å². The summed E-state index contributed by atoms with van der Waals surface area (Å²) in [5.74, 6) is -0.366. The molecule has 2 atom stereocenters. The summed E-state index contributed by atoms with van der Waals surface area (Å²) in [6.45, 7) is 0. The van der Waals surface area contributed by atoms with Crippen LogP contribution >= 0.6 is 15.9 Å². The lowest BCUT2D eigenvalue weighted by atomic mass is 9.95. The van der Waals surface area contributed by atoms with Crippen molar-refractivity contribution in [3.8, 4) is 5.75 Å². The van der Waals surface area contributed by atoms with Crippen LogP contribution in [0.4, 0.5) is 8.78 Å². The lowest BCUT2D eigenvalue weighted by molar-refractivity contribution is 0.0648. The van der Waals surface area contributed by atoms with E-state index >= 15 is 0 Å². The summed E-state index contributed by atoms with van der Waals surface area (Å²) in [7, 11) is 0. The Morgan fingerprint density at radius 2 is 1.70 bits per heavy atom. The van der Waals surface area contributed by atoms with E-state index in [1.165, 1.54) is 30.3 Å². The Labute approximate surface area is 123 Å². The standard InChI is InChI=1S/C15H11BrF2O2/c16-12-3-1-8(17)5-10(12)15-7-13(19)11-6-9(18)2-4-14(11)20-15/h1-6,13,15,19H,7H2/t13-,15?/m1/s1. The summed E-state index contributed by atoms with van der Waals surface area (Å²) in [6, 6.07) is 8.32. The maximum absolute atomic E-state index is 13.4. The zero-order chi connectivity index (χ0) is 14.3. The molecule has 0 bridgehead atoms. The van der Waals surface area contributed by atoms with Crippen molar-refractivity contribution in [1.29, 1.82) is 0 Å². The lowest BCUT2D eigenvalue weighted by Gasteiger charge is -2.30. The van der Waals surface area contributed by atoms with E-state index in [2.05, 4.69) is 15.9 Å². The number of hydrogen-bond acceptors (Lipinski definition) is 2. The Balaban J connectivity index is 1.99. The Morgan fingerprint density at radius 1 is 1.05 bits per heavy atom. The molecule has 2 nitrogen and oxygen atoms in total. The number of halogens is 3. The number of benzene rings is 2. The molecule has 1 unspecified atom stereocenters. The van der Waals surface area contributed by atoms with Gasteiger partial charge in [0, 0.05) is 22.0 Å². The van der Waals surface area contributed by atoms with E-state index in [1.54, 1.807) is 6.07 Å². The molecule has 1 N–H and O–H groups in total. The molecule has 0 saturated carbocycles. The van der Waals surface area contributed by atoms with E-state index < -0.39 is 18.0 Å². The maximum Gasteiger partial charge on any atom is 0.128 e. The third kappa shape index (κ3) is 2.43. The van der Waals surface area contributed by atoms with Gasteiger partial charge in [-0.15, -0.1) is 0 Å². The minimum Gasteiger partial charge on any atom is -0.485 e. The van der Waals surface area contributed by atoms with Crippen LogP contribution in [0.3, 0.4) is 0 Å². The number of hydrogen-bond donors (Lipinski definition) is 1. The van der Waals surface area contributed by atoms with E-state index in [1.807, 2.05) is 0 Å². The molecule has 104 valence electrons. The first kappa shape index (κ1) is 13.5. The van der Waals surface area contributed by atoms with Crippen molar-refractivity contribution < 1.29 is 18.6 Å². The monoisotopic (exact) mass is 340 g/mol. The van der Waals surface area contributed by atoms with Crippen molar-refractivity contribution in [3.05, 3.63) is 63.6 Å². The number of aliphatic hydroxyl groups is 1. The largest absolute Gasteiger partial charge is 0.485 e. The van der Waals surface area contributed by atoms with Gasteiger partial charge in [0.25, 0.3) is 0 Å². The molecule has 0 aromatic heterocycles. The van der Waals surface area contributed by atoms with Crippen molar-refractivity contribution in [3.63, 3.8) is 0 Å². The van der Waals surface area contributed by atoms with E-state index in [-0.39, 0.29) is 12.2 Å². The highest BCUT2D eigenvalue weighted by atomic mass is 79.9. The van der Waals surface area contributed by atoms with Crippen LogP contribution in [0.2, 0.25) is 0 Å². The van der Waals surface area contributed by atoms with Crippen LogP contribution < -0.4 is 4.74 Å². The first-order valence-corrected chi connectivity index (χ1v) is 6.93. The first-order valence-electron chi connectivity index (χ1n) is 6.13. The van der Waals surface area contributed by atoms with Crippen LogP contribution in [-0.2, 0) is 0 Å². The van der Waals surface area contributed by atoms with E-state index in [9.17, 15) is 13.9 Å². The highest BCUT2D eigenvalue weighted by Crippen LogP contribution is 2.42. The molecule has 0 aliphatic carbocycles. The number of rotatable bonds is 1. The fourth-order valence-electron chi connectivity index (χ4n) is 2.37. The van der Waals surface area contributed by atoms with Gasteiger partial charge in [-0.1, -0.05) is 15.9 Å². The lowest BCUT2D eigenvalue weighted by Crippen LogP contribution is -2.19. The van der Waals surface area contributed by atoms with Crippen LogP contribution in [0.5, 0.6) is 5.75 Å². The predicted octanol–water partition coefficient (Wildman–Crippen LogP) is 4.28. The van der Waals surface area contributed by atoms with Crippen LogP contribution in [0.1, 0.15) is 29.8 Å². The molecule has 1 aliphatic heterocycles. The first-order chi connectivity index (χ1) is 9.54. The topological polar surface area (TPSA) is 29.5 Å². The summed E-state index contributed by atoms with van der Waals surface area (Å²) in [6.07, 6.45) is -1.07. The fourth-order valence-corrected chi connectivity index (χ4v) is 2.87. The molecular formula is C15H11BrF2O2. The third-order valence-electron chi connectivity index (χ3n) is 3.34. The number of fused-ring (bicyclic) bond motifs is 1. The van der Waals surface area contributed by atoms with Gasteiger partial charge in [-0.25, -0.2) is 8.78 Å². The molecule has 0 amide bonds. The molecule has 2 aromatic rings. The van der Waals surface area contributed by atoms with Gasteiger partial charge < -0.3 is 9.84 Å². The predicted molar refractivity (Wildman–Crippen MR) is 73.4 cm³/mol. The highest BCUT2D eigenvalue weighted by Gasteiger charge is 2.29. The quantitative estimate of drug-likeness (QED) is 0.839. The molecule has 0 radical (unpaired) electrons. The Hall–Kier alpha value is -1.46. The average molecular weight is 341 g/mol. The Kier molecular flexibility index (Phi) is 3.48. The van der Waals surface area contributed by atoms with Gasteiger partial charge in [-0.2, -0.15) is 0 Å². The van der Waals surface area contributed by atoms with Gasteiger partial charge in [0.1, 0.15) is 23.5 Å². The minimum atomic E-state index is -0.838. The summed E-state index contributed by atoms with van der Waals surface area (Å²) in [5.41, 5.74) is 1.05. The van der Waals surface area contributed by atoms with E-state index in [4.69, 9.17) is 4.74 Å². The van der Waals surface area contributed by atoms with Gasteiger partial charge in [0.2, 0.25) is 0 Å². The second kappa shape index (κ2) is 5.14. The van der Waals surface area contributed by atoms with Crippen molar-refractivity contribution in [1.82, 2.24) is 0 Å². The van der Waals surface area contributed by atoms with E-state index in [0.29, 0.717) is 21.3 Å². The average Bonchev–Trinajstić information content (AvgIpc) is 2.42. The highest BCUT2D eigenvalue weighted by molar-refractivity contribution is 9.10. The summed E-state index contributed by atoms with van der Waals surface area (Å²) in [4.78, 5) is 0. The summed E-state index contributed by atoms with van der Waals surface area (Å²) >= 11 is 3.35. The molecule has 0 saturated heterocycles. The number of ether oxygens (including phenoxy) is 1. The molecule has 1 heterocycles. The second-order valence-electron chi connectivity index (χ2n) is 4.71. The minimum absolute atomic E-state index is 0.249. The van der Waals surface area contributed by atoms with Crippen LogP contribution in [-0.4, -0.2) is 5.11 Å². The maximum atomic E-state index is 13.4. The summed E-state index contributed by atoms with van der Waals surface area (Å²) < 4.78 is 33.0. The Morgan fingerprint density at radius 3 is 2.45 bits per heavy atom. The van der Waals surface area contributed by atoms with Gasteiger partial charge >= 0.3 is 0 Å². The smallest absolute Gasteiger partial charge is 0.128 e. The van der Waals surface area contributed by atoms with Crippen LogP contribution in [0.15, 0.2) is 40.9 Å². The van der Waals surface area contributed by atoms with Crippen molar-refractivity contribution in [2.45, 2.75) is 18.6 Å². The zero-order valence-electron chi connectivity index (χ0n) is 10.3. The molecule has 2 aromatic carbocycles. The summed E-state index contributed by atoms with van der Waals surface area (Å²) in [5, 5.41) is 10.1. The van der Waals surface area contributed by atoms with Crippen LogP contribution in [0, 0.1) is 11.6 Å². The fraction of sp³-hybridized carbons (Fsp3) is 0.200. The van der Waals surface area contributed by atoms with Gasteiger partial charge in [-0.3, -0.25) is 0 Å². The van der Waals surface area contributed by atoms with Crippen LogP contribution in [0.25, 0.3) is 0 Å². The molecule has 3 rings (SSSR count).